The van der Waals surface area contributed by atoms with Crippen LogP contribution in [0.3, 0.4) is 0 Å². The Morgan fingerprint density at radius 3 is 2.07 bits per heavy atom. The van der Waals surface area contributed by atoms with Gasteiger partial charge in [-0.3, -0.25) is 4.31 Å². The lowest BCUT2D eigenvalue weighted by Gasteiger charge is -2.26. The Morgan fingerprint density at radius 1 is 0.800 bits per heavy atom. The maximum Gasteiger partial charge on any atom is 0.264 e. The summed E-state index contributed by atoms with van der Waals surface area (Å²) in [5, 5.41) is 0. The number of nitrogens with zero attached hydrogens (tertiary/aromatic N) is 1. The normalized spacial score (nSPS) is 11.1. The van der Waals surface area contributed by atoms with Crippen molar-refractivity contribution in [1.82, 2.24) is 0 Å². The minimum atomic E-state index is -3.89. The van der Waals surface area contributed by atoms with Crippen molar-refractivity contribution < 1.29 is 22.6 Å². The van der Waals surface area contributed by atoms with Crippen LogP contribution in [0.25, 0.3) is 0 Å². The molecule has 0 aliphatic heterocycles. The summed E-state index contributed by atoms with van der Waals surface area (Å²) >= 11 is 0. The van der Waals surface area contributed by atoms with Gasteiger partial charge in [-0.05, 0) is 48.9 Å². The Balaban J connectivity index is 2.13. The summed E-state index contributed by atoms with van der Waals surface area (Å²) in [5.41, 5.74) is 2.34. The number of benzene rings is 3. The molecule has 30 heavy (non-hydrogen) atoms. The number of hydrogen-bond acceptors (Lipinski definition) is 5. The SMILES string of the molecule is COc1ccc(S(=O)(=O)N(Cc2cccc(C)c2)c2ccc(OC)cc2OC)cc1. The predicted molar refractivity (Wildman–Crippen MR) is 117 cm³/mol. The van der Waals surface area contributed by atoms with E-state index in [1.807, 2.05) is 31.2 Å². The van der Waals surface area contributed by atoms with Gasteiger partial charge in [0.1, 0.15) is 17.2 Å². The molecule has 0 fully saturated rings. The quantitative estimate of drug-likeness (QED) is 0.533. The summed E-state index contributed by atoms with van der Waals surface area (Å²) < 4.78 is 44.5. The minimum absolute atomic E-state index is 0.152. The van der Waals surface area contributed by atoms with Crippen LogP contribution in [0.4, 0.5) is 5.69 Å². The molecule has 0 aromatic heterocycles. The first kappa shape index (κ1) is 21.5. The van der Waals surface area contributed by atoms with Crippen LogP contribution in [0, 0.1) is 6.92 Å². The topological polar surface area (TPSA) is 65.1 Å². The van der Waals surface area contributed by atoms with Crippen LogP contribution in [-0.4, -0.2) is 29.7 Å². The fourth-order valence-corrected chi connectivity index (χ4v) is 4.61. The highest BCUT2D eigenvalue weighted by atomic mass is 32.2. The van der Waals surface area contributed by atoms with Crippen LogP contribution < -0.4 is 18.5 Å². The van der Waals surface area contributed by atoms with Gasteiger partial charge in [0.15, 0.2) is 0 Å². The molecule has 3 rings (SSSR count). The Morgan fingerprint density at radius 2 is 1.47 bits per heavy atom. The van der Waals surface area contributed by atoms with Crippen LogP contribution in [-0.2, 0) is 16.6 Å². The first-order valence-corrected chi connectivity index (χ1v) is 10.8. The van der Waals surface area contributed by atoms with Crippen LogP contribution >= 0.6 is 0 Å². The van der Waals surface area contributed by atoms with E-state index >= 15 is 0 Å². The van der Waals surface area contributed by atoms with Crippen molar-refractivity contribution in [2.24, 2.45) is 0 Å². The zero-order chi connectivity index (χ0) is 21.7. The monoisotopic (exact) mass is 427 g/mol. The summed E-state index contributed by atoms with van der Waals surface area (Å²) in [7, 11) is 0.704. The molecule has 0 aliphatic carbocycles. The molecule has 0 spiro atoms. The van der Waals surface area contributed by atoms with E-state index in [-0.39, 0.29) is 11.4 Å². The molecule has 0 N–H and O–H groups in total. The Hall–Kier alpha value is -3.19. The van der Waals surface area contributed by atoms with Crippen LogP contribution in [0.2, 0.25) is 0 Å². The predicted octanol–water partition coefficient (Wildman–Crippen LogP) is 4.42. The highest BCUT2D eigenvalue weighted by Gasteiger charge is 2.28. The molecule has 0 saturated heterocycles. The average Bonchev–Trinajstić information content (AvgIpc) is 2.77. The number of ether oxygens (including phenoxy) is 3. The standard InChI is InChI=1S/C23H25NO5S/c1-17-6-5-7-18(14-17)16-24(22-13-10-20(28-3)15-23(22)29-4)30(25,26)21-11-8-19(27-2)9-12-21/h5-15H,16H2,1-4H3. The second-order valence-corrected chi connectivity index (χ2v) is 8.58. The number of sulfonamides is 1. The summed E-state index contributed by atoms with van der Waals surface area (Å²) in [6.07, 6.45) is 0. The van der Waals surface area contributed by atoms with E-state index in [1.54, 1.807) is 37.4 Å². The van der Waals surface area contributed by atoms with Gasteiger partial charge in [-0.1, -0.05) is 29.8 Å². The molecule has 0 aliphatic rings. The van der Waals surface area contributed by atoms with Crippen molar-refractivity contribution in [2.45, 2.75) is 18.4 Å². The minimum Gasteiger partial charge on any atom is -0.497 e. The van der Waals surface area contributed by atoms with Gasteiger partial charge >= 0.3 is 0 Å². The maximum absolute atomic E-state index is 13.6. The van der Waals surface area contributed by atoms with Crippen LogP contribution in [0.15, 0.2) is 71.6 Å². The summed E-state index contributed by atoms with van der Waals surface area (Å²) in [5.74, 6) is 1.56. The fraction of sp³-hybridized carbons (Fsp3) is 0.217. The molecular weight excluding hydrogens is 402 g/mol. The van der Waals surface area contributed by atoms with Gasteiger partial charge in [-0.15, -0.1) is 0 Å². The highest BCUT2D eigenvalue weighted by Crippen LogP contribution is 2.36. The molecule has 0 bridgehead atoms. The second-order valence-electron chi connectivity index (χ2n) is 6.71. The van der Waals surface area contributed by atoms with Crippen molar-refractivity contribution in [3.63, 3.8) is 0 Å². The summed E-state index contributed by atoms with van der Waals surface area (Å²) in [6.45, 7) is 2.12. The van der Waals surface area contributed by atoms with Gasteiger partial charge in [0, 0.05) is 6.07 Å². The zero-order valence-corrected chi connectivity index (χ0v) is 18.3. The molecule has 7 heteroatoms. The molecule has 0 radical (unpaired) electrons. The van der Waals surface area contributed by atoms with Gasteiger partial charge < -0.3 is 14.2 Å². The smallest absolute Gasteiger partial charge is 0.264 e. The van der Waals surface area contributed by atoms with E-state index in [9.17, 15) is 8.42 Å². The fourth-order valence-electron chi connectivity index (χ4n) is 3.14. The number of methoxy groups -OCH3 is 3. The summed E-state index contributed by atoms with van der Waals surface area (Å²) in [4.78, 5) is 0.161. The van der Waals surface area contributed by atoms with Gasteiger partial charge in [-0.2, -0.15) is 0 Å². The Bertz CT molecular complexity index is 1110. The first-order chi connectivity index (χ1) is 14.4. The second kappa shape index (κ2) is 9.09. The molecule has 0 amide bonds. The highest BCUT2D eigenvalue weighted by molar-refractivity contribution is 7.92. The molecule has 158 valence electrons. The molecule has 3 aromatic rings. The van der Waals surface area contributed by atoms with Crippen molar-refractivity contribution in [1.29, 1.82) is 0 Å². The van der Waals surface area contributed by atoms with Gasteiger partial charge in [0.2, 0.25) is 0 Å². The first-order valence-electron chi connectivity index (χ1n) is 9.33. The molecular formula is C23H25NO5S. The molecule has 0 atom stereocenters. The van der Waals surface area contributed by atoms with E-state index in [0.717, 1.165) is 11.1 Å². The Labute approximate surface area is 177 Å². The van der Waals surface area contributed by atoms with Crippen molar-refractivity contribution in [3.8, 4) is 17.2 Å². The third-order valence-electron chi connectivity index (χ3n) is 4.71. The van der Waals surface area contributed by atoms with E-state index in [0.29, 0.717) is 22.9 Å². The van der Waals surface area contributed by atoms with E-state index < -0.39 is 10.0 Å². The van der Waals surface area contributed by atoms with E-state index in [1.165, 1.54) is 30.7 Å². The molecule has 0 unspecified atom stereocenters. The molecule has 6 nitrogen and oxygen atoms in total. The lowest BCUT2D eigenvalue weighted by Crippen LogP contribution is -2.31. The average molecular weight is 428 g/mol. The Kier molecular flexibility index (Phi) is 6.52. The largest absolute Gasteiger partial charge is 0.497 e. The lowest BCUT2D eigenvalue weighted by atomic mass is 10.1. The number of rotatable bonds is 8. The van der Waals surface area contributed by atoms with Gasteiger partial charge in [-0.25, -0.2) is 8.42 Å². The van der Waals surface area contributed by atoms with Crippen LogP contribution in [0.1, 0.15) is 11.1 Å². The van der Waals surface area contributed by atoms with E-state index in [4.69, 9.17) is 14.2 Å². The van der Waals surface area contributed by atoms with Crippen molar-refractivity contribution in [2.75, 3.05) is 25.6 Å². The number of anilines is 1. The molecule has 0 heterocycles. The molecule has 0 saturated carbocycles. The third kappa shape index (κ3) is 4.52. The summed E-state index contributed by atoms with van der Waals surface area (Å²) in [6, 6.07) is 19.1. The number of aryl methyl sites for hydroxylation is 1. The van der Waals surface area contributed by atoms with Gasteiger partial charge in [0.25, 0.3) is 10.0 Å². The van der Waals surface area contributed by atoms with Crippen LogP contribution in [0.5, 0.6) is 17.2 Å². The number of hydrogen-bond donors (Lipinski definition) is 0. The third-order valence-corrected chi connectivity index (χ3v) is 6.49. The van der Waals surface area contributed by atoms with E-state index in [2.05, 4.69) is 0 Å². The van der Waals surface area contributed by atoms with Crippen molar-refractivity contribution >= 4 is 15.7 Å². The lowest BCUT2D eigenvalue weighted by molar-refractivity contribution is 0.394. The maximum atomic E-state index is 13.6. The van der Waals surface area contributed by atoms with Gasteiger partial charge in [0.05, 0.1) is 38.5 Å². The van der Waals surface area contributed by atoms with Crippen molar-refractivity contribution in [3.05, 3.63) is 77.9 Å². The zero-order valence-electron chi connectivity index (χ0n) is 17.5. The molecule has 3 aromatic carbocycles.